The van der Waals surface area contributed by atoms with Crippen LogP contribution in [0.4, 0.5) is 0 Å². The third kappa shape index (κ3) is 4.46. The van der Waals surface area contributed by atoms with Gasteiger partial charge in [0.2, 0.25) is 0 Å². The summed E-state index contributed by atoms with van der Waals surface area (Å²) in [5.74, 6) is -0.603. The summed E-state index contributed by atoms with van der Waals surface area (Å²) >= 11 is 0. The minimum Gasteiger partial charge on any atom is -0.493 e. The number of hydrogen-bond donors (Lipinski definition) is 0. The fraction of sp³-hybridized carbons (Fsp3) is 0.652. The van der Waals surface area contributed by atoms with E-state index in [-0.39, 0.29) is 11.0 Å². The summed E-state index contributed by atoms with van der Waals surface area (Å²) < 4.78 is 27.3. The van der Waals surface area contributed by atoms with E-state index in [2.05, 4.69) is 33.9 Å². The lowest BCUT2D eigenvalue weighted by Gasteiger charge is -2.52. The molecule has 1 aliphatic rings. The lowest BCUT2D eigenvalue weighted by atomic mass is 9.51. The van der Waals surface area contributed by atoms with Gasteiger partial charge >= 0.3 is 11.9 Å². The molecule has 0 unspecified atom stereocenters. The van der Waals surface area contributed by atoms with Gasteiger partial charge in [0.05, 0.1) is 28.4 Å². The molecule has 0 heterocycles. The summed E-state index contributed by atoms with van der Waals surface area (Å²) in [7, 11) is 3.68. The van der Waals surface area contributed by atoms with E-state index in [1.165, 1.54) is 14.2 Å². The zero-order chi connectivity index (χ0) is 23.6. The third-order valence-electron chi connectivity index (χ3n) is 6.92. The Morgan fingerprint density at radius 1 is 1.00 bits per heavy atom. The predicted molar refractivity (Wildman–Crippen MR) is 120 cm³/mol. The second-order valence-electron chi connectivity index (χ2n) is 9.58. The van der Waals surface area contributed by atoms with Crippen LogP contribution in [0.15, 0.2) is 18.2 Å². The third-order valence-corrected chi connectivity index (χ3v) is 11.4. The molecule has 174 valence electrons. The van der Waals surface area contributed by atoms with Crippen LogP contribution in [0.2, 0.25) is 18.1 Å². The molecule has 2 atom stereocenters. The van der Waals surface area contributed by atoms with Gasteiger partial charge in [-0.3, -0.25) is 9.59 Å². The average molecular weight is 453 g/mol. The Bertz CT molecular complexity index is 797. The standard InChI is InChI=1S/C23H36O7Si/c1-22(2,3)31(8,9)30-14-16-13-23(20(24)28-6,21(25)29-7)19(16)15-10-11-17(26-4)18(12-15)27-5/h10-12,16,19H,13-14H2,1-9H3/t16-,19-/m1/s1. The van der Waals surface area contributed by atoms with Crippen molar-refractivity contribution in [3.63, 3.8) is 0 Å². The molecule has 1 saturated carbocycles. The molecule has 2 rings (SSSR count). The maximum atomic E-state index is 12.9. The topological polar surface area (TPSA) is 80.3 Å². The summed E-state index contributed by atoms with van der Waals surface area (Å²) in [6, 6.07) is 5.44. The number of benzene rings is 1. The van der Waals surface area contributed by atoms with E-state index < -0.39 is 31.6 Å². The molecule has 0 saturated heterocycles. The Hall–Kier alpha value is -2.06. The van der Waals surface area contributed by atoms with Crippen molar-refractivity contribution in [3.05, 3.63) is 23.8 Å². The Labute approximate surface area is 186 Å². The maximum Gasteiger partial charge on any atom is 0.323 e. The van der Waals surface area contributed by atoms with Crippen molar-refractivity contribution in [1.82, 2.24) is 0 Å². The van der Waals surface area contributed by atoms with Gasteiger partial charge in [-0.15, -0.1) is 0 Å². The van der Waals surface area contributed by atoms with E-state index in [4.69, 9.17) is 23.4 Å². The highest BCUT2D eigenvalue weighted by atomic mass is 28.4. The summed E-state index contributed by atoms with van der Waals surface area (Å²) in [6.07, 6.45) is 0.306. The first-order valence-corrected chi connectivity index (χ1v) is 13.3. The molecule has 0 bridgehead atoms. The molecule has 1 aliphatic carbocycles. The largest absolute Gasteiger partial charge is 0.493 e. The Balaban J connectivity index is 2.49. The van der Waals surface area contributed by atoms with Crippen molar-refractivity contribution in [2.45, 2.75) is 51.2 Å². The monoisotopic (exact) mass is 452 g/mol. The molecular weight excluding hydrogens is 416 g/mol. The van der Waals surface area contributed by atoms with Crippen LogP contribution in [0.1, 0.15) is 38.7 Å². The highest BCUT2D eigenvalue weighted by Crippen LogP contribution is 2.59. The Kier molecular flexibility index (Phi) is 7.48. The summed E-state index contributed by atoms with van der Waals surface area (Å²) in [5.41, 5.74) is -0.631. The lowest BCUT2D eigenvalue weighted by Crippen LogP contribution is -2.59. The predicted octanol–water partition coefficient (Wildman–Crippen LogP) is 4.16. The van der Waals surface area contributed by atoms with Crippen molar-refractivity contribution in [2.75, 3.05) is 35.0 Å². The van der Waals surface area contributed by atoms with Gasteiger partial charge in [-0.05, 0) is 48.2 Å². The Morgan fingerprint density at radius 3 is 2.00 bits per heavy atom. The first-order chi connectivity index (χ1) is 14.4. The molecule has 1 aromatic rings. The number of methoxy groups -OCH3 is 4. The number of rotatable bonds is 8. The van der Waals surface area contributed by atoms with Crippen LogP contribution in [0.5, 0.6) is 11.5 Å². The molecule has 0 N–H and O–H groups in total. The van der Waals surface area contributed by atoms with Crippen LogP contribution >= 0.6 is 0 Å². The van der Waals surface area contributed by atoms with Crippen LogP contribution in [0.3, 0.4) is 0 Å². The fourth-order valence-corrected chi connectivity index (χ4v) is 5.12. The smallest absolute Gasteiger partial charge is 0.323 e. The molecular formula is C23H36O7Si. The highest BCUT2D eigenvalue weighted by molar-refractivity contribution is 6.74. The number of hydrogen-bond acceptors (Lipinski definition) is 7. The van der Waals surface area contributed by atoms with E-state index in [1.807, 2.05) is 12.1 Å². The second-order valence-corrected chi connectivity index (χ2v) is 14.4. The first-order valence-electron chi connectivity index (χ1n) is 10.4. The van der Waals surface area contributed by atoms with Crippen molar-refractivity contribution in [1.29, 1.82) is 0 Å². The second kappa shape index (κ2) is 9.20. The van der Waals surface area contributed by atoms with Crippen LogP contribution in [-0.4, -0.2) is 55.3 Å². The van der Waals surface area contributed by atoms with Gasteiger partial charge in [0.25, 0.3) is 0 Å². The van der Waals surface area contributed by atoms with Gasteiger partial charge in [0.1, 0.15) is 0 Å². The molecule has 0 spiro atoms. The Morgan fingerprint density at radius 2 is 1.55 bits per heavy atom. The zero-order valence-corrected chi connectivity index (χ0v) is 21.2. The SMILES string of the molecule is COC(=O)C1(C(=O)OC)C[C@H](CO[Si](C)(C)C(C)(C)C)[C@H]1c1ccc(OC)c(OC)c1. The van der Waals surface area contributed by atoms with Gasteiger partial charge in [-0.1, -0.05) is 26.8 Å². The molecule has 7 nitrogen and oxygen atoms in total. The van der Waals surface area contributed by atoms with E-state index in [0.717, 1.165) is 5.56 Å². The molecule has 0 aliphatic heterocycles. The van der Waals surface area contributed by atoms with Crippen LogP contribution in [-0.2, 0) is 23.5 Å². The normalized spacial score (nSPS) is 20.4. The van der Waals surface area contributed by atoms with Gasteiger partial charge in [0, 0.05) is 12.5 Å². The van der Waals surface area contributed by atoms with Gasteiger partial charge < -0.3 is 23.4 Å². The first kappa shape index (κ1) is 25.2. The van der Waals surface area contributed by atoms with E-state index in [1.54, 1.807) is 20.3 Å². The van der Waals surface area contributed by atoms with Crippen LogP contribution in [0.25, 0.3) is 0 Å². The molecule has 0 radical (unpaired) electrons. The maximum absolute atomic E-state index is 12.9. The van der Waals surface area contributed by atoms with Crippen molar-refractivity contribution < 1.29 is 33.0 Å². The molecule has 31 heavy (non-hydrogen) atoms. The fourth-order valence-electron chi connectivity index (χ4n) is 4.06. The number of esters is 2. The molecule has 0 amide bonds. The minimum absolute atomic E-state index is 0.0505. The summed E-state index contributed by atoms with van der Waals surface area (Å²) in [5, 5.41) is 0.0529. The lowest BCUT2D eigenvalue weighted by molar-refractivity contribution is -0.185. The number of carbonyl (C=O) groups is 2. The minimum atomic E-state index is -2.01. The average Bonchev–Trinajstić information content (AvgIpc) is 2.71. The molecule has 1 aromatic carbocycles. The number of ether oxygens (including phenoxy) is 4. The van der Waals surface area contributed by atoms with Crippen LogP contribution < -0.4 is 9.47 Å². The van der Waals surface area contributed by atoms with Crippen molar-refractivity contribution >= 4 is 20.3 Å². The number of carbonyl (C=O) groups excluding carboxylic acids is 2. The van der Waals surface area contributed by atoms with Gasteiger partial charge in [0.15, 0.2) is 25.2 Å². The van der Waals surface area contributed by atoms with Gasteiger partial charge in [-0.25, -0.2) is 0 Å². The van der Waals surface area contributed by atoms with Crippen LogP contribution in [0, 0.1) is 11.3 Å². The highest BCUT2D eigenvalue weighted by Gasteiger charge is 2.66. The zero-order valence-electron chi connectivity index (χ0n) is 20.2. The quantitative estimate of drug-likeness (QED) is 0.333. The summed E-state index contributed by atoms with van der Waals surface area (Å²) in [4.78, 5) is 25.7. The van der Waals surface area contributed by atoms with E-state index in [9.17, 15) is 9.59 Å². The van der Waals surface area contributed by atoms with E-state index >= 15 is 0 Å². The van der Waals surface area contributed by atoms with Gasteiger partial charge in [-0.2, -0.15) is 0 Å². The van der Waals surface area contributed by atoms with Crippen molar-refractivity contribution in [2.24, 2.45) is 11.3 Å². The molecule has 8 heteroatoms. The molecule has 0 aromatic heterocycles. The molecule has 1 fully saturated rings. The van der Waals surface area contributed by atoms with E-state index in [0.29, 0.717) is 24.5 Å². The summed E-state index contributed by atoms with van der Waals surface area (Å²) in [6.45, 7) is 11.4. The van der Waals surface area contributed by atoms with Crippen molar-refractivity contribution in [3.8, 4) is 11.5 Å².